The molecule has 35 heavy (non-hydrogen) atoms. The highest BCUT2D eigenvalue weighted by Gasteiger charge is 2.70. The van der Waals surface area contributed by atoms with Crippen molar-refractivity contribution >= 4 is 11.8 Å². The molecule has 0 aromatic rings. The van der Waals surface area contributed by atoms with Crippen LogP contribution in [-0.4, -0.2) is 18.9 Å². The Labute approximate surface area is 213 Å². The maximum Gasteiger partial charge on any atom is 0.312 e. The highest BCUT2D eigenvalue weighted by molar-refractivity contribution is 6.00. The summed E-state index contributed by atoms with van der Waals surface area (Å²) in [4.78, 5) is 26.6. The molecule has 0 aliphatic heterocycles. The number of methoxy groups -OCH3 is 1. The Morgan fingerprint density at radius 1 is 1.00 bits per heavy atom. The van der Waals surface area contributed by atoms with E-state index in [-0.39, 0.29) is 44.7 Å². The molecule has 0 radical (unpaired) electrons. The molecule has 5 rings (SSSR count). The first-order chi connectivity index (χ1) is 16.2. The van der Waals surface area contributed by atoms with Gasteiger partial charge in [-0.2, -0.15) is 0 Å². The first-order valence-corrected chi connectivity index (χ1v) is 14.2. The summed E-state index contributed by atoms with van der Waals surface area (Å²) in [7, 11) is 1.58. The highest BCUT2D eigenvalue weighted by atomic mass is 16.5. The van der Waals surface area contributed by atoms with Gasteiger partial charge in [-0.3, -0.25) is 9.59 Å². The van der Waals surface area contributed by atoms with Gasteiger partial charge in [0.2, 0.25) is 0 Å². The SMILES string of the molecule is C=C1C[C@]2(C)[C@H]3CC=C4[C@@H]5[C@@H](C)[C@H](C)CC[C@]5(C(=O)OC)CC[C@@]4(C)[C@]3(C)CC[C@H]2C(C)(C)C1=O. The predicted molar refractivity (Wildman–Crippen MR) is 141 cm³/mol. The van der Waals surface area contributed by atoms with E-state index in [0.717, 1.165) is 56.9 Å². The monoisotopic (exact) mass is 480 g/mol. The lowest BCUT2D eigenvalue weighted by Gasteiger charge is -2.70. The van der Waals surface area contributed by atoms with Gasteiger partial charge in [0.05, 0.1) is 12.5 Å². The maximum atomic E-state index is 13.4. The van der Waals surface area contributed by atoms with Crippen LogP contribution in [0.25, 0.3) is 0 Å². The molecule has 0 aromatic heterocycles. The lowest BCUT2D eigenvalue weighted by Crippen LogP contribution is -2.65. The third-order valence-electron chi connectivity index (χ3n) is 13.2. The first kappa shape index (κ1) is 25.3. The second kappa shape index (κ2) is 7.57. The minimum Gasteiger partial charge on any atom is -0.469 e. The van der Waals surface area contributed by atoms with Crippen molar-refractivity contribution in [3.63, 3.8) is 0 Å². The third-order valence-corrected chi connectivity index (χ3v) is 13.2. The third kappa shape index (κ3) is 2.90. The van der Waals surface area contributed by atoms with Gasteiger partial charge >= 0.3 is 5.97 Å². The van der Waals surface area contributed by atoms with E-state index >= 15 is 0 Å². The molecule has 0 heterocycles. The average Bonchev–Trinajstić information content (AvgIpc) is 2.79. The fraction of sp³-hybridized carbons (Fsp3) is 0.812. The van der Waals surface area contributed by atoms with Crippen LogP contribution in [0.1, 0.15) is 99.8 Å². The molecular formula is C32H48O3. The van der Waals surface area contributed by atoms with Crippen LogP contribution in [0.5, 0.6) is 0 Å². The normalized spacial score (nSPS) is 50.7. The second-order valence-electron chi connectivity index (χ2n) is 14.6. The molecule has 0 saturated heterocycles. The summed E-state index contributed by atoms with van der Waals surface area (Å²) in [5, 5.41) is 0. The minimum atomic E-state index is -0.357. The van der Waals surface area contributed by atoms with Gasteiger partial charge in [-0.25, -0.2) is 0 Å². The number of hydrogen-bond donors (Lipinski definition) is 0. The van der Waals surface area contributed by atoms with Crippen LogP contribution in [0.2, 0.25) is 0 Å². The number of allylic oxidation sites excluding steroid dienone is 3. The molecule has 9 atom stereocenters. The lowest BCUT2D eigenvalue weighted by molar-refractivity contribution is -0.187. The van der Waals surface area contributed by atoms with E-state index in [0.29, 0.717) is 23.7 Å². The largest absolute Gasteiger partial charge is 0.469 e. The minimum absolute atomic E-state index is 0.0241. The predicted octanol–water partition coefficient (Wildman–Crippen LogP) is 7.55. The van der Waals surface area contributed by atoms with Gasteiger partial charge in [0, 0.05) is 5.41 Å². The summed E-state index contributed by atoms with van der Waals surface area (Å²) in [6.07, 6.45) is 10.8. The molecule has 5 aliphatic rings. The van der Waals surface area contributed by atoms with E-state index in [1.165, 1.54) is 0 Å². The van der Waals surface area contributed by atoms with Gasteiger partial charge in [-0.1, -0.05) is 66.7 Å². The van der Waals surface area contributed by atoms with Crippen molar-refractivity contribution in [2.45, 2.75) is 99.8 Å². The molecule has 0 amide bonds. The Morgan fingerprint density at radius 3 is 2.34 bits per heavy atom. The van der Waals surface area contributed by atoms with Crippen LogP contribution in [0.15, 0.2) is 23.8 Å². The molecule has 0 aromatic carbocycles. The van der Waals surface area contributed by atoms with E-state index in [4.69, 9.17) is 4.74 Å². The van der Waals surface area contributed by atoms with Crippen LogP contribution in [0.3, 0.4) is 0 Å². The number of esters is 1. The maximum absolute atomic E-state index is 13.4. The van der Waals surface area contributed by atoms with Crippen LogP contribution < -0.4 is 0 Å². The number of ether oxygens (including phenoxy) is 1. The summed E-state index contributed by atoms with van der Waals surface area (Å²) in [5.41, 5.74) is 2.01. The van der Waals surface area contributed by atoms with Gasteiger partial charge in [0.25, 0.3) is 0 Å². The van der Waals surface area contributed by atoms with E-state index in [1.54, 1.807) is 12.7 Å². The summed E-state index contributed by atoms with van der Waals surface area (Å²) in [5.74, 6) is 2.60. The Hall–Kier alpha value is -1.38. The van der Waals surface area contributed by atoms with E-state index < -0.39 is 0 Å². The van der Waals surface area contributed by atoms with Crippen molar-refractivity contribution < 1.29 is 14.3 Å². The van der Waals surface area contributed by atoms with Crippen molar-refractivity contribution in [2.24, 2.45) is 56.7 Å². The number of ketones is 1. The summed E-state index contributed by atoms with van der Waals surface area (Å²) in [6, 6.07) is 0. The smallest absolute Gasteiger partial charge is 0.312 e. The van der Waals surface area contributed by atoms with E-state index in [9.17, 15) is 9.59 Å². The molecule has 5 aliphatic carbocycles. The molecule has 0 N–H and O–H groups in total. The Bertz CT molecular complexity index is 1000. The number of rotatable bonds is 1. The number of fused-ring (bicyclic) bond motifs is 7. The molecule has 4 fully saturated rings. The van der Waals surface area contributed by atoms with Crippen LogP contribution in [0.4, 0.5) is 0 Å². The molecular weight excluding hydrogens is 432 g/mol. The standard InChI is InChI=1S/C32H48O3/c1-19-12-15-32(27(34)35-9)17-16-30(7)22(25(32)21(19)3)10-11-24-29(6)18-20(2)26(33)28(4,5)23(29)13-14-31(24,30)8/h10,19,21,23-25H,2,11-18H2,1,3-9H3/t19-,21+,23+,24-,25+,29+,30-,31-,32+/m1/s1. The fourth-order valence-corrected chi connectivity index (χ4v) is 11.0. The second-order valence-corrected chi connectivity index (χ2v) is 14.6. The van der Waals surface area contributed by atoms with E-state index in [1.807, 2.05) is 0 Å². The topological polar surface area (TPSA) is 43.4 Å². The van der Waals surface area contributed by atoms with Crippen LogP contribution in [-0.2, 0) is 14.3 Å². The Kier molecular flexibility index (Phi) is 5.47. The molecule has 194 valence electrons. The zero-order chi connectivity index (χ0) is 25.8. The summed E-state index contributed by atoms with van der Waals surface area (Å²) in [6.45, 7) is 21.0. The lowest BCUT2D eigenvalue weighted by atomic mass is 9.33. The number of hydrogen-bond acceptors (Lipinski definition) is 3. The molecule has 4 saturated carbocycles. The zero-order valence-corrected chi connectivity index (χ0v) is 23.6. The quantitative estimate of drug-likeness (QED) is 0.221. The number of Topliss-reactive ketones (excluding diaryl/α,β-unsaturated/α-hetero) is 1. The van der Waals surface area contributed by atoms with Crippen molar-refractivity contribution in [2.75, 3.05) is 7.11 Å². The van der Waals surface area contributed by atoms with Gasteiger partial charge < -0.3 is 4.74 Å². The molecule has 0 spiro atoms. The van der Waals surface area contributed by atoms with Gasteiger partial charge in [0.15, 0.2) is 5.78 Å². The average molecular weight is 481 g/mol. The van der Waals surface area contributed by atoms with Gasteiger partial charge in [-0.15, -0.1) is 0 Å². The molecule has 0 unspecified atom stereocenters. The van der Waals surface area contributed by atoms with Crippen molar-refractivity contribution in [3.8, 4) is 0 Å². The summed E-state index contributed by atoms with van der Waals surface area (Å²) >= 11 is 0. The fourth-order valence-electron chi connectivity index (χ4n) is 11.0. The van der Waals surface area contributed by atoms with Crippen molar-refractivity contribution in [1.82, 2.24) is 0 Å². The molecule has 3 nitrogen and oxygen atoms in total. The van der Waals surface area contributed by atoms with Crippen LogP contribution >= 0.6 is 0 Å². The first-order valence-electron chi connectivity index (χ1n) is 14.2. The van der Waals surface area contributed by atoms with E-state index in [2.05, 4.69) is 61.1 Å². The summed E-state index contributed by atoms with van der Waals surface area (Å²) < 4.78 is 5.50. The van der Waals surface area contributed by atoms with Crippen molar-refractivity contribution in [3.05, 3.63) is 23.8 Å². The van der Waals surface area contributed by atoms with Crippen molar-refractivity contribution in [1.29, 1.82) is 0 Å². The number of carbonyl (C=O) groups excluding carboxylic acids is 2. The van der Waals surface area contributed by atoms with Gasteiger partial charge in [-0.05, 0) is 103 Å². The Balaban J connectivity index is 1.63. The van der Waals surface area contributed by atoms with Gasteiger partial charge in [0.1, 0.15) is 0 Å². The molecule has 3 heteroatoms. The number of carbonyl (C=O) groups is 2. The molecule has 0 bridgehead atoms. The van der Waals surface area contributed by atoms with Crippen LogP contribution in [0, 0.1) is 56.7 Å². The highest BCUT2D eigenvalue weighted by Crippen LogP contribution is 2.75. The zero-order valence-electron chi connectivity index (χ0n) is 23.6. The Morgan fingerprint density at radius 2 is 1.69 bits per heavy atom.